The molecule has 0 amide bonds. The van der Waals surface area contributed by atoms with Gasteiger partial charge >= 0.3 is 37.0 Å². The van der Waals surface area contributed by atoms with E-state index in [2.05, 4.69) is 20.9 Å². The number of halogens is 7. The Kier molecular flexibility index (Phi) is 4.97. The molecule has 18 heteroatoms. The van der Waals surface area contributed by atoms with Gasteiger partial charge in [-0.25, -0.2) is 13.3 Å². The number of alkyl halides is 7. The van der Waals surface area contributed by atoms with Crippen LogP contribution in [0, 0.1) is 5.41 Å². The topological polar surface area (TPSA) is 116 Å². The van der Waals surface area contributed by atoms with Crippen LogP contribution in [-0.2, 0) is 29.6 Å². The van der Waals surface area contributed by atoms with Gasteiger partial charge in [-0.15, -0.1) is 0 Å². The number of carbonyl (C=O) groups excluding carboxylic acids is 1. The van der Waals surface area contributed by atoms with Crippen molar-refractivity contribution in [2.75, 3.05) is 4.31 Å². The predicted molar refractivity (Wildman–Crippen MR) is 96.3 cm³/mol. The fourth-order valence-electron chi connectivity index (χ4n) is 4.56. The van der Waals surface area contributed by atoms with Crippen LogP contribution in [0.2, 0.25) is 0 Å². The normalized spacial score (nSPS) is 28.0. The number of carbonyl (C=O) groups is 1. The average Bonchev–Trinajstić information content (AvgIpc) is 3.27. The summed E-state index contributed by atoms with van der Waals surface area (Å²) in [5.41, 5.74) is -14.4. The van der Waals surface area contributed by atoms with Gasteiger partial charge < -0.3 is 4.74 Å². The molecule has 0 radical (unpaired) electrons. The van der Waals surface area contributed by atoms with Gasteiger partial charge in [-0.3, -0.25) is 4.79 Å². The molecular formula is C14H12BrF6N3O6S2. The first kappa shape index (κ1) is 23.6. The third-order valence-corrected chi connectivity index (χ3v) is 9.76. The molecule has 4 rings (SSSR count). The lowest BCUT2D eigenvalue weighted by molar-refractivity contribution is -0.171. The zero-order valence-electron chi connectivity index (χ0n) is 15.4. The van der Waals surface area contributed by atoms with E-state index in [4.69, 9.17) is 4.74 Å². The van der Waals surface area contributed by atoms with Crippen LogP contribution < -0.4 is 4.31 Å². The van der Waals surface area contributed by atoms with Crippen LogP contribution in [0.3, 0.4) is 0 Å². The zero-order valence-corrected chi connectivity index (χ0v) is 18.6. The number of hydrogen-bond donors (Lipinski definition) is 0. The molecule has 3 unspecified atom stereocenters. The van der Waals surface area contributed by atoms with Gasteiger partial charge in [0.05, 0.1) is 15.9 Å². The van der Waals surface area contributed by atoms with Crippen molar-refractivity contribution < 1.29 is 52.7 Å². The molecule has 9 nitrogen and oxygen atoms in total. The van der Waals surface area contributed by atoms with Gasteiger partial charge in [-0.05, 0) is 12.8 Å². The maximum absolute atomic E-state index is 13.4. The molecule has 1 aliphatic carbocycles. The molecule has 1 saturated heterocycles. The highest BCUT2D eigenvalue weighted by Gasteiger charge is 2.68. The van der Waals surface area contributed by atoms with E-state index >= 15 is 0 Å². The minimum absolute atomic E-state index is 0.0496. The molecule has 1 spiro atoms. The first-order valence-corrected chi connectivity index (χ1v) is 12.6. The Balaban J connectivity index is 2.07. The van der Waals surface area contributed by atoms with Crippen LogP contribution in [0.5, 0.6) is 0 Å². The van der Waals surface area contributed by atoms with Gasteiger partial charge in [0, 0.05) is 5.92 Å². The highest BCUT2D eigenvalue weighted by Crippen LogP contribution is 2.61. The molecule has 2 bridgehead atoms. The first-order chi connectivity index (χ1) is 14.5. The van der Waals surface area contributed by atoms with Crippen molar-refractivity contribution in [3.05, 3.63) is 12.0 Å². The van der Waals surface area contributed by atoms with E-state index in [0.29, 0.717) is 12.8 Å². The predicted octanol–water partition coefficient (Wildman–Crippen LogP) is 2.54. The molecule has 3 aliphatic rings. The lowest BCUT2D eigenvalue weighted by Crippen LogP contribution is -2.63. The summed E-state index contributed by atoms with van der Waals surface area (Å²) >= 11 is 2.98. The molecule has 0 N–H and O–H groups in total. The Morgan fingerprint density at radius 3 is 2.06 bits per heavy atom. The SMILES string of the molecule is O=C1OC2C(Br)C(c3c(ncn3S(=O)(=O)C(F)(F)F)N2S(=O)(=O)C(F)(F)F)C12CCCC2. The quantitative estimate of drug-likeness (QED) is 0.302. The smallest absolute Gasteiger partial charge is 0.439 e. The molecule has 1 aromatic rings. The number of imidazole rings is 1. The lowest BCUT2D eigenvalue weighted by Gasteiger charge is -2.51. The molecule has 2 fully saturated rings. The van der Waals surface area contributed by atoms with Crippen LogP contribution in [0.15, 0.2) is 6.33 Å². The summed E-state index contributed by atoms with van der Waals surface area (Å²) in [6.45, 7) is 0. The largest absolute Gasteiger partial charge is 0.517 e. The second-order valence-electron chi connectivity index (χ2n) is 7.53. The van der Waals surface area contributed by atoms with Gasteiger partial charge in [0.15, 0.2) is 5.82 Å². The summed E-state index contributed by atoms with van der Waals surface area (Å²) in [6, 6.07) is 0. The van der Waals surface area contributed by atoms with E-state index in [1.165, 1.54) is 0 Å². The summed E-state index contributed by atoms with van der Waals surface area (Å²) in [7, 11) is -12.6. The van der Waals surface area contributed by atoms with Crippen molar-refractivity contribution in [2.24, 2.45) is 5.41 Å². The summed E-state index contributed by atoms with van der Waals surface area (Å²) in [5, 5.41) is 0. The zero-order chi connectivity index (χ0) is 24.1. The van der Waals surface area contributed by atoms with Crippen LogP contribution in [0.25, 0.3) is 0 Å². The average molecular weight is 576 g/mol. The number of aromatic nitrogens is 2. The number of sulfonamides is 1. The minimum atomic E-state index is -6.35. The molecule has 3 heterocycles. The highest BCUT2D eigenvalue weighted by atomic mass is 79.9. The first-order valence-electron chi connectivity index (χ1n) is 8.83. The van der Waals surface area contributed by atoms with E-state index in [9.17, 15) is 48.0 Å². The fraction of sp³-hybridized carbons (Fsp3) is 0.714. The second kappa shape index (κ2) is 6.74. The Morgan fingerprint density at radius 2 is 1.56 bits per heavy atom. The number of anilines is 1. The molecule has 180 valence electrons. The van der Waals surface area contributed by atoms with Crippen molar-refractivity contribution in [2.45, 2.75) is 53.7 Å². The molecule has 2 aliphatic heterocycles. The van der Waals surface area contributed by atoms with E-state index in [1.54, 1.807) is 0 Å². The van der Waals surface area contributed by atoms with Crippen molar-refractivity contribution in [3.63, 3.8) is 0 Å². The van der Waals surface area contributed by atoms with E-state index < -0.39 is 79.2 Å². The Hall–Kier alpha value is -1.56. The summed E-state index contributed by atoms with van der Waals surface area (Å²) < 4.78 is 133. The van der Waals surface area contributed by atoms with Crippen molar-refractivity contribution in [3.8, 4) is 0 Å². The Morgan fingerprint density at radius 1 is 1.03 bits per heavy atom. The lowest BCUT2D eigenvalue weighted by atomic mass is 9.68. The number of esters is 1. The second-order valence-corrected chi connectivity index (χ2v) is 12.2. The monoisotopic (exact) mass is 575 g/mol. The molecular weight excluding hydrogens is 564 g/mol. The van der Waals surface area contributed by atoms with E-state index in [0.717, 1.165) is 0 Å². The molecule has 1 aromatic heterocycles. The third kappa shape index (κ3) is 2.87. The van der Waals surface area contributed by atoms with Gasteiger partial charge in [-0.1, -0.05) is 28.8 Å². The summed E-state index contributed by atoms with van der Waals surface area (Å²) in [6.07, 6.45) is -1.14. The van der Waals surface area contributed by atoms with Crippen molar-refractivity contribution in [1.82, 2.24) is 8.96 Å². The molecule has 3 atom stereocenters. The standard InChI is InChI=1S/C14H12BrF6N3O6S2/c15-7-6-8-9(22-5-23(8)31(26,27)13(16,17)18)24(32(28,29)14(19,20)21)10(7)30-11(25)12(6)3-1-2-4-12/h5-7,10H,1-4H2. The number of hydrogen-bond acceptors (Lipinski definition) is 7. The molecule has 1 saturated carbocycles. The summed E-state index contributed by atoms with van der Waals surface area (Å²) in [5.74, 6) is -3.77. The van der Waals surface area contributed by atoms with Gasteiger partial charge in [-0.2, -0.15) is 43.2 Å². The van der Waals surface area contributed by atoms with Crippen molar-refractivity contribution >= 4 is 47.8 Å². The third-order valence-electron chi connectivity index (χ3n) is 5.91. The highest BCUT2D eigenvalue weighted by molar-refractivity contribution is 9.09. The molecule has 32 heavy (non-hydrogen) atoms. The minimum Gasteiger partial charge on any atom is -0.439 e. The number of ether oxygens (including phenoxy) is 1. The van der Waals surface area contributed by atoms with E-state index in [1.807, 2.05) is 0 Å². The number of fused-ring (bicyclic) bond motifs is 5. The van der Waals surface area contributed by atoms with Crippen LogP contribution in [0.4, 0.5) is 32.2 Å². The number of nitrogens with zero attached hydrogens (tertiary/aromatic N) is 3. The van der Waals surface area contributed by atoms with Crippen LogP contribution >= 0.6 is 15.9 Å². The Labute approximate surface area is 184 Å². The maximum Gasteiger partial charge on any atom is 0.517 e. The number of rotatable bonds is 2. The fourth-order valence-corrected chi connectivity index (χ4v) is 7.71. The summed E-state index contributed by atoms with van der Waals surface area (Å²) in [4.78, 5) is 14.7. The maximum atomic E-state index is 13.4. The van der Waals surface area contributed by atoms with Crippen LogP contribution in [0.1, 0.15) is 37.3 Å². The van der Waals surface area contributed by atoms with Gasteiger partial charge in [0.25, 0.3) is 0 Å². The Bertz CT molecular complexity index is 1190. The van der Waals surface area contributed by atoms with E-state index in [-0.39, 0.29) is 19.2 Å². The van der Waals surface area contributed by atoms with Crippen LogP contribution in [-0.4, -0.2) is 53.8 Å². The van der Waals surface area contributed by atoms with Gasteiger partial charge in [0.1, 0.15) is 6.33 Å². The van der Waals surface area contributed by atoms with Gasteiger partial charge in [0.2, 0.25) is 6.23 Å². The molecule has 0 aromatic carbocycles. The van der Waals surface area contributed by atoms with Crippen molar-refractivity contribution in [1.29, 1.82) is 0 Å².